The number of hydrogen-bond donors (Lipinski definition) is 1. The van der Waals surface area contributed by atoms with Gasteiger partial charge in [-0.05, 0) is 86.4 Å². The minimum absolute atomic E-state index is 0.0816. The van der Waals surface area contributed by atoms with E-state index in [1.54, 1.807) is 29.7 Å². The molecule has 0 radical (unpaired) electrons. The number of carbonyl (C=O) groups is 1. The van der Waals surface area contributed by atoms with Crippen LogP contribution in [0.15, 0.2) is 52.1 Å². The summed E-state index contributed by atoms with van der Waals surface area (Å²) in [6.07, 6.45) is 6.30. The van der Waals surface area contributed by atoms with Crippen molar-refractivity contribution in [1.29, 1.82) is 0 Å². The van der Waals surface area contributed by atoms with E-state index in [-0.39, 0.29) is 16.3 Å². The highest BCUT2D eigenvalue weighted by Crippen LogP contribution is 2.45. The fourth-order valence-electron chi connectivity index (χ4n) is 5.37. The Kier molecular flexibility index (Phi) is 7.57. The fourth-order valence-corrected chi connectivity index (χ4v) is 6.82. The van der Waals surface area contributed by atoms with Crippen molar-refractivity contribution in [3.8, 4) is 5.69 Å². The van der Waals surface area contributed by atoms with E-state index in [1.807, 2.05) is 42.8 Å². The standard InChI is InChI=1S/C31H33ClFN3O2S/c1-18-13-20(19(2)36(18)22-9-11-26(33)25(32)15-22)16-35-30-28(29(37)34-17-23-7-6-12-38-23)24-10-8-21(31(3,4)5)14-27(24)39-30/h6-7,9,11-13,15-16,21H,8,10,14,17H2,1-5H3,(H,34,37)/t21-/m0/s1. The van der Waals surface area contributed by atoms with Gasteiger partial charge in [-0.25, -0.2) is 9.38 Å². The third kappa shape index (κ3) is 5.61. The van der Waals surface area contributed by atoms with E-state index in [0.717, 1.165) is 52.5 Å². The Hall–Kier alpha value is -3.16. The fraction of sp³-hybridized carbons (Fsp3) is 0.355. The van der Waals surface area contributed by atoms with Crippen molar-refractivity contribution >= 4 is 40.1 Å². The number of aryl methyl sites for hydroxylation is 1. The molecule has 0 saturated carbocycles. The van der Waals surface area contributed by atoms with Gasteiger partial charge in [-0.2, -0.15) is 0 Å². The van der Waals surface area contributed by atoms with Crippen molar-refractivity contribution in [2.75, 3.05) is 0 Å². The van der Waals surface area contributed by atoms with Gasteiger partial charge in [-0.15, -0.1) is 11.3 Å². The predicted molar refractivity (Wildman–Crippen MR) is 157 cm³/mol. The van der Waals surface area contributed by atoms with Crippen molar-refractivity contribution in [2.45, 2.75) is 60.4 Å². The lowest BCUT2D eigenvalue weighted by Gasteiger charge is -2.33. The minimum Gasteiger partial charge on any atom is -0.467 e. The van der Waals surface area contributed by atoms with Crippen LogP contribution in [0.4, 0.5) is 9.39 Å². The number of hydrogen-bond acceptors (Lipinski definition) is 4. The maximum absolute atomic E-state index is 13.8. The number of nitrogens with zero attached hydrogens (tertiary/aromatic N) is 2. The SMILES string of the molecule is Cc1cc(C=Nc2sc3c(c2C(=O)NCc2ccco2)CC[C@H](C(C)(C)C)C3)c(C)n1-c1ccc(F)c(Cl)c1. The van der Waals surface area contributed by atoms with Gasteiger partial charge in [0.25, 0.3) is 5.91 Å². The van der Waals surface area contributed by atoms with E-state index >= 15 is 0 Å². The molecule has 5 nitrogen and oxygen atoms in total. The molecular weight excluding hydrogens is 533 g/mol. The molecule has 0 unspecified atom stereocenters. The molecule has 1 aliphatic rings. The summed E-state index contributed by atoms with van der Waals surface area (Å²) in [6, 6.07) is 10.4. The van der Waals surface area contributed by atoms with Crippen molar-refractivity contribution < 1.29 is 13.6 Å². The highest BCUT2D eigenvalue weighted by Gasteiger charge is 2.33. The zero-order valence-corrected chi connectivity index (χ0v) is 24.5. The molecule has 5 rings (SSSR count). The molecule has 3 aromatic heterocycles. The lowest BCUT2D eigenvalue weighted by molar-refractivity contribution is 0.0947. The molecule has 0 fully saturated rings. The second-order valence-electron chi connectivity index (χ2n) is 11.3. The van der Waals surface area contributed by atoms with Gasteiger partial charge in [-0.3, -0.25) is 4.79 Å². The lowest BCUT2D eigenvalue weighted by atomic mass is 9.72. The third-order valence-corrected chi connectivity index (χ3v) is 9.11. The number of benzene rings is 1. The van der Waals surface area contributed by atoms with Crippen LogP contribution < -0.4 is 5.32 Å². The molecule has 1 N–H and O–H groups in total. The first kappa shape index (κ1) is 27.4. The number of thiophene rings is 1. The number of amides is 1. The Labute approximate surface area is 237 Å². The van der Waals surface area contributed by atoms with Gasteiger partial charge in [0, 0.05) is 33.7 Å². The van der Waals surface area contributed by atoms with E-state index < -0.39 is 5.82 Å². The van der Waals surface area contributed by atoms with Crippen molar-refractivity contribution in [1.82, 2.24) is 9.88 Å². The number of rotatable bonds is 6. The molecule has 1 aliphatic carbocycles. The lowest BCUT2D eigenvalue weighted by Crippen LogP contribution is -2.28. The molecule has 0 saturated heterocycles. The summed E-state index contributed by atoms with van der Waals surface area (Å²) in [5.41, 5.74) is 5.64. The van der Waals surface area contributed by atoms with Gasteiger partial charge in [0.05, 0.1) is 23.4 Å². The highest BCUT2D eigenvalue weighted by molar-refractivity contribution is 7.16. The first-order valence-electron chi connectivity index (χ1n) is 13.2. The smallest absolute Gasteiger partial charge is 0.255 e. The summed E-state index contributed by atoms with van der Waals surface area (Å²) in [7, 11) is 0. The molecule has 1 amide bonds. The van der Waals surface area contributed by atoms with Gasteiger partial charge in [0.2, 0.25) is 0 Å². The maximum atomic E-state index is 13.8. The Bertz CT molecular complexity index is 1540. The first-order chi connectivity index (χ1) is 18.5. The summed E-state index contributed by atoms with van der Waals surface area (Å²) in [5.74, 6) is 0.689. The number of nitrogens with one attached hydrogen (secondary N) is 1. The average Bonchev–Trinajstić information content (AvgIpc) is 3.60. The van der Waals surface area contributed by atoms with Gasteiger partial charge in [-0.1, -0.05) is 32.4 Å². The van der Waals surface area contributed by atoms with Gasteiger partial charge < -0.3 is 14.3 Å². The summed E-state index contributed by atoms with van der Waals surface area (Å²) >= 11 is 7.67. The number of aromatic nitrogens is 1. The number of aliphatic imine (C=N–C) groups is 1. The summed E-state index contributed by atoms with van der Waals surface area (Å²) in [6.45, 7) is 11.2. The molecule has 0 bridgehead atoms. The van der Waals surface area contributed by atoms with Crippen LogP contribution in [0.3, 0.4) is 0 Å². The summed E-state index contributed by atoms with van der Waals surface area (Å²) in [4.78, 5) is 19.6. The second kappa shape index (κ2) is 10.8. The quantitative estimate of drug-likeness (QED) is 0.239. The molecule has 1 atom stereocenters. The Balaban J connectivity index is 1.49. The molecule has 0 spiro atoms. The average molecular weight is 566 g/mol. The zero-order chi connectivity index (χ0) is 27.9. The maximum Gasteiger partial charge on any atom is 0.255 e. The van der Waals surface area contributed by atoms with Gasteiger partial charge in [0.15, 0.2) is 0 Å². The Morgan fingerprint density at radius 3 is 2.77 bits per heavy atom. The van der Waals surface area contributed by atoms with Crippen molar-refractivity contribution in [3.05, 3.63) is 92.2 Å². The van der Waals surface area contributed by atoms with Crippen LogP contribution >= 0.6 is 22.9 Å². The van der Waals surface area contributed by atoms with E-state index in [9.17, 15) is 9.18 Å². The van der Waals surface area contributed by atoms with Crippen LogP contribution in [-0.2, 0) is 19.4 Å². The number of halogens is 2. The van der Waals surface area contributed by atoms with Gasteiger partial charge >= 0.3 is 0 Å². The summed E-state index contributed by atoms with van der Waals surface area (Å²) < 4.78 is 21.2. The van der Waals surface area contributed by atoms with Gasteiger partial charge in [0.1, 0.15) is 16.6 Å². The molecular formula is C31H33ClFN3O2S. The normalized spacial score (nSPS) is 15.6. The third-order valence-electron chi connectivity index (χ3n) is 7.65. The van der Waals surface area contributed by atoms with E-state index in [4.69, 9.17) is 21.0 Å². The molecule has 3 heterocycles. The second-order valence-corrected chi connectivity index (χ2v) is 12.8. The largest absolute Gasteiger partial charge is 0.467 e. The Morgan fingerprint density at radius 1 is 1.28 bits per heavy atom. The molecule has 1 aromatic carbocycles. The number of furan rings is 1. The monoisotopic (exact) mass is 565 g/mol. The van der Waals surface area contributed by atoms with Crippen LogP contribution in [0.5, 0.6) is 0 Å². The van der Waals surface area contributed by atoms with Crippen LogP contribution in [-0.4, -0.2) is 16.7 Å². The topological polar surface area (TPSA) is 59.5 Å². The molecule has 4 aromatic rings. The highest BCUT2D eigenvalue weighted by atomic mass is 35.5. The van der Waals surface area contributed by atoms with Crippen LogP contribution in [0.2, 0.25) is 5.02 Å². The number of fused-ring (bicyclic) bond motifs is 1. The molecule has 8 heteroatoms. The molecule has 39 heavy (non-hydrogen) atoms. The molecule has 0 aliphatic heterocycles. The Morgan fingerprint density at radius 2 is 2.08 bits per heavy atom. The predicted octanol–water partition coefficient (Wildman–Crippen LogP) is 8.37. The van der Waals surface area contributed by atoms with Crippen LogP contribution in [0, 0.1) is 31.0 Å². The summed E-state index contributed by atoms with van der Waals surface area (Å²) in [5, 5.41) is 3.83. The van der Waals surface area contributed by atoms with Crippen molar-refractivity contribution in [2.24, 2.45) is 16.3 Å². The molecule has 204 valence electrons. The van der Waals surface area contributed by atoms with Crippen LogP contribution in [0.25, 0.3) is 5.69 Å². The van der Waals surface area contributed by atoms with Crippen molar-refractivity contribution in [3.63, 3.8) is 0 Å². The first-order valence-corrected chi connectivity index (χ1v) is 14.4. The van der Waals surface area contributed by atoms with Crippen LogP contribution in [0.1, 0.15) is 70.7 Å². The zero-order valence-electron chi connectivity index (χ0n) is 22.9. The minimum atomic E-state index is -0.446. The number of carbonyl (C=O) groups excluding carboxylic acids is 1. The van der Waals surface area contributed by atoms with E-state index in [2.05, 4.69) is 26.1 Å². The van der Waals surface area contributed by atoms with E-state index in [1.165, 1.54) is 10.9 Å². The van der Waals surface area contributed by atoms with E-state index in [0.29, 0.717) is 23.8 Å².